The minimum absolute atomic E-state index is 0.0900. The molecular weight excluding hydrogens is 240 g/mol. The van der Waals surface area contributed by atoms with Gasteiger partial charge in [-0.25, -0.2) is 0 Å². The highest BCUT2D eigenvalue weighted by atomic mass is 16.5. The fraction of sp³-hybridized carbons (Fsp3) is 0.933. The zero-order chi connectivity index (χ0) is 13.6. The Morgan fingerprint density at radius 3 is 2.79 bits per heavy atom. The van der Waals surface area contributed by atoms with Crippen LogP contribution < -0.4 is 10.6 Å². The van der Waals surface area contributed by atoms with Gasteiger partial charge in [-0.15, -0.1) is 0 Å². The van der Waals surface area contributed by atoms with Crippen molar-refractivity contribution in [3.63, 3.8) is 0 Å². The van der Waals surface area contributed by atoms with E-state index in [9.17, 15) is 4.79 Å². The zero-order valence-electron chi connectivity index (χ0n) is 12.2. The molecule has 2 rings (SSSR count). The Labute approximate surface area is 116 Å². The fourth-order valence-corrected chi connectivity index (χ4v) is 3.28. The predicted octanol–water partition coefficient (Wildman–Crippen LogP) is 1.98. The first-order valence-electron chi connectivity index (χ1n) is 7.89. The normalized spacial score (nSPS) is 25.6. The van der Waals surface area contributed by atoms with Crippen LogP contribution in [-0.4, -0.2) is 37.2 Å². The Hall–Kier alpha value is -0.610. The van der Waals surface area contributed by atoms with E-state index in [1.165, 1.54) is 38.5 Å². The van der Waals surface area contributed by atoms with Crippen LogP contribution in [0.25, 0.3) is 0 Å². The lowest BCUT2D eigenvalue weighted by Gasteiger charge is -2.33. The van der Waals surface area contributed by atoms with Crippen molar-refractivity contribution in [1.29, 1.82) is 0 Å². The molecule has 4 heteroatoms. The molecule has 2 aliphatic rings. The van der Waals surface area contributed by atoms with Gasteiger partial charge in [0, 0.05) is 13.1 Å². The summed E-state index contributed by atoms with van der Waals surface area (Å²) in [6.07, 6.45) is 10.1. The van der Waals surface area contributed by atoms with E-state index in [1.807, 2.05) is 0 Å². The van der Waals surface area contributed by atoms with Gasteiger partial charge >= 0.3 is 0 Å². The van der Waals surface area contributed by atoms with E-state index in [0.29, 0.717) is 12.6 Å². The van der Waals surface area contributed by atoms with Crippen molar-refractivity contribution in [3.05, 3.63) is 0 Å². The van der Waals surface area contributed by atoms with Crippen molar-refractivity contribution < 1.29 is 9.53 Å². The molecule has 1 aliphatic heterocycles. The first kappa shape index (κ1) is 14.8. The second-order valence-corrected chi connectivity index (χ2v) is 6.00. The molecule has 1 saturated carbocycles. The molecule has 2 N–H and O–H groups in total. The Kier molecular flexibility index (Phi) is 5.64. The highest BCUT2D eigenvalue weighted by Crippen LogP contribution is 2.41. The Morgan fingerprint density at radius 1 is 1.26 bits per heavy atom. The monoisotopic (exact) mass is 268 g/mol. The smallest absolute Gasteiger partial charge is 0.233 e. The largest absolute Gasteiger partial charge is 0.370 e. The molecule has 0 bridgehead atoms. The van der Waals surface area contributed by atoms with Gasteiger partial charge in [0.05, 0.1) is 18.2 Å². The number of carbonyl (C=O) groups excluding carboxylic acids is 1. The van der Waals surface area contributed by atoms with Gasteiger partial charge in [-0.1, -0.05) is 26.2 Å². The lowest BCUT2D eigenvalue weighted by molar-refractivity contribution is -0.120. The van der Waals surface area contributed by atoms with E-state index in [2.05, 4.69) is 17.6 Å². The molecule has 19 heavy (non-hydrogen) atoms. The molecule has 2 fully saturated rings. The van der Waals surface area contributed by atoms with Crippen LogP contribution in [-0.2, 0) is 9.53 Å². The summed E-state index contributed by atoms with van der Waals surface area (Å²) in [5.41, 5.74) is 0.190. The molecule has 1 heterocycles. The number of carbonyl (C=O) groups is 1. The minimum atomic E-state index is 0.0900. The van der Waals surface area contributed by atoms with Crippen molar-refractivity contribution in [2.75, 3.05) is 19.6 Å². The van der Waals surface area contributed by atoms with Crippen molar-refractivity contribution in [2.45, 2.75) is 70.0 Å². The van der Waals surface area contributed by atoms with Crippen LogP contribution in [0.5, 0.6) is 0 Å². The van der Waals surface area contributed by atoms with Crippen LogP contribution in [0.4, 0.5) is 0 Å². The molecular formula is C15H28N2O2. The Bertz CT molecular complexity index is 288. The van der Waals surface area contributed by atoms with Crippen molar-refractivity contribution in [3.8, 4) is 0 Å². The van der Waals surface area contributed by atoms with Gasteiger partial charge in [0.15, 0.2) is 0 Å². The van der Waals surface area contributed by atoms with Crippen LogP contribution in [0.15, 0.2) is 0 Å². The predicted molar refractivity (Wildman–Crippen MR) is 76.1 cm³/mol. The molecule has 0 aromatic heterocycles. The van der Waals surface area contributed by atoms with Gasteiger partial charge < -0.3 is 15.4 Å². The quantitative estimate of drug-likeness (QED) is 0.774. The lowest BCUT2D eigenvalue weighted by Crippen LogP contribution is -2.39. The van der Waals surface area contributed by atoms with E-state index in [4.69, 9.17) is 4.74 Å². The van der Waals surface area contributed by atoms with Crippen molar-refractivity contribution >= 4 is 5.91 Å². The topological polar surface area (TPSA) is 50.4 Å². The van der Waals surface area contributed by atoms with Crippen molar-refractivity contribution in [2.24, 2.45) is 0 Å². The summed E-state index contributed by atoms with van der Waals surface area (Å²) >= 11 is 0. The Balaban J connectivity index is 1.61. The highest BCUT2D eigenvalue weighted by Gasteiger charge is 2.40. The summed E-state index contributed by atoms with van der Waals surface area (Å²) in [7, 11) is 0. The number of ether oxygens (including phenoxy) is 1. The maximum Gasteiger partial charge on any atom is 0.233 e. The van der Waals surface area contributed by atoms with E-state index in [1.54, 1.807) is 0 Å². The molecule has 0 aromatic carbocycles. The number of amides is 1. The molecule has 1 saturated heterocycles. The SMILES string of the molecule is CCCNC(=O)CNCC1CCC2(CCCCC2)O1. The third-order valence-electron chi connectivity index (χ3n) is 4.33. The molecule has 1 spiro atoms. The van der Waals surface area contributed by atoms with E-state index >= 15 is 0 Å². The minimum Gasteiger partial charge on any atom is -0.370 e. The molecule has 110 valence electrons. The van der Waals surface area contributed by atoms with Gasteiger partial charge in [0.2, 0.25) is 5.91 Å². The van der Waals surface area contributed by atoms with Gasteiger partial charge in [-0.3, -0.25) is 4.79 Å². The number of nitrogens with one attached hydrogen (secondary N) is 2. The summed E-state index contributed by atoms with van der Waals surface area (Å²) < 4.78 is 6.26. The molecule has 1 amide bonds. The van der Waals surface area contributed by atoms with E-state index in [-0.39, 0.29) is 11.5 Å². The Morgan fingerprint density at radius 2 is 2.05 bits per heavy atom. The van der Waals surface area contributed by atoms with Gasteiger partial charge in [-0.2, -0.15) is 0 Å². The van der Waals surface area contributed by atoms with Gasteiger partial charge in [0.25, 0.3) is 0 Å². The second kappa shape index (κ2) is 7.25. The average molecular weight is 268 g/mol. The van der Waals surface area contributed by atoms with Gasteiger partial charge in [0.1, 0.15) is 0 Å². The molecule has 1 atom stereocenters. The summed E-state index contributed by atoms with van der Waals surface area (Å²) in [5, 5.41) is 6.09. The first-order valence-corrected chi connectivity index (χ1v) is 7.89. The van der Waals surface area contributed by atoms with Crippen LogP contribution in [0.2, 0.25) is 0 Å². The summed E-state index contributed by atoms with van der Waals surface area (Å²) in [6, 6.07) is 0. The summed E-state index contributed by atoms with van der Waals surface area (Å²) in [4.78, 5) is 11.5. The third-order valence-corrected chi connectivity index (χ3v) is 4.33. The number of hydrogen-bond acceptors (Lipinski definition) is 3. The third kappa shape index (κ3) is 4.46. The average Bonchev–Trinajstić information content (AvgIpc) is 2.80. The lowest BCUT2D eigenvalue weighted by atomic mass is 9.83. The number of hydrogen-bond donors (Lipinski definition) is 2. The highest BCUT2D eigenvalue weighted by molar-refractivity contribution is 5.77. The molecule has 4 nitrogen and oxygen atoms in total. The van der Waals surface area contributed by atoms with Crippen LogP contribution >= 0.6 is 0 Å². The molecule has 0 aromatic rings. The summed E-state index contributed by atoms with van der Waals surface area (Å²) in [5.74, 6) is 0.0900. The van der Waals surface area contributed by atoms with Crippen LogP contribution in [0.1, 0.15) is 58.3 Å². The fourth-order valence-electron chi connectivity index (χ4n) is 3.28. The zero-order valence-corrected chi connectivity index (χ0v) is 12.2. The first-order chi connectivity index (χ1) is 9.24. The maximum absolute atomic E-state index is 11.5. The van der Waals surface area contributed by atoms with E-state index in [0.717, 1.165) is 25.9 Å². The number of rotatable bonds is 6. The maximum atomic E-state index is 11.5. The van der Waals surface area contributed by atoms with E-state index < -0.39 is 0 Å². The molecule has 1 aliphatic carbocycles. The van der Waals surface area contributed by atoms with Crippen LogP contribution in [0, 0.1) is 0 Å². The standard InChI is InChI=1S/C15H28N2O2/c1-2-10-17-14(18)12-16-11-13-6-9-15(19-13)7-4-3-5-8-15/h13,16H,2-12H2,1H3,(H,17,18). The van der Waals surface area contributed by atoms with Gasteiger partial charge in [-0.05, 0) is 32.1 Å². The van der Waals surface area contributed by atoms with Crippen molar-refractivity contribution in [1.82, 2.24) is 10.6 Å². The molecule has 0 radical (unpaired) electrons. The summed E-state index contributed by atoms with van der Waals surface area (Å²) in [6.45, 7) is 4.04. The second-order valence-electron chi connectivity index (χ2n) is 6.00. The van der Waals surface area contributed by atoms with Crippen LogP contribution in [0.3, 0.4) is 0 Å². The molecule has 1 unspecified atom stereocenters.